The van der Waals surface area contributed by atoms with E-state index in [2.05, 4.69) is 5.32 Å². The molecule has 1 amide bonds. The molecule has 2 atom stereocenters. The molecule has 17 heavy (non-hydrogen) atoms. The number of benzene rings is 1. The number of hydrogen-bond donors (Lipinski definition) is 1. The molecule has 2 bridgehead atoms. The van der Waals surface area contributed by atoms with Gasteiger partial charge in [0.25, 0.3) is 0 Å². The number of carbonyl (C=O) groups excluding carboxylic acids is 1. The van der Waals surface area contributed by atoms with E-state index in [1.165, 1.54) is 0 Å². The van der Waals surface area contributed by atoms with Crippen molar-refractivity contribution in [3.8, 4) is 0 Å². The first-order chi connectivity index (χ1) is 8.33. The van der Waals surface area contributed by atoms with Gasteiger partial charge in [0.05, 0.1) is 19.1 Å². The number of quaternary nitrogens is 1. The molecule has 4 nitrogen and oxygen atoms in total. The number of hydrogen-bond acceptors (Lipinski definition) is 2. The standard InChI is InChI=1S/C13H16N2O2/c16-13(15-8-11-6-12(15)7-14-11)17-9-10-4-2-1-3-5-10/h1-5,11-12,14H,6-9H2/p+1/t11-,12-/m0/s1. The number of nitrogens with zero attached hydrogens (tertiary/aromatic N) is 1. The molecular formula is C13H17N2O2+. The predicted octanol–water partition coefficient (Wildman–Crippen LogP) is 0.343. The number of nitrogens with two attached hydrogens (primary N) is 1. The van der Waals surface area contributed by atoms with Gasteiger partial charge < -0.3 is 10.1 Å². The van der Waals surface area contributed by atoms with Gasteiger partial charge in [0.15, 0.2) is 0 Å². The van der Waals surface area contributed by atoms with Crippen molar-refractivity contribution in [2.24, 2.45) is 0 Å². The van der Waals surface area contributed by atoms with Crippen molar-refractivity contribution >= 4 is 6.09 Å². The first-order valence-corrected chi connectivity index (χ1v) is 6.13. The zero-order chi connectivity index (χ0) is 11.7. The van der Waals surface area contributed by atoms with E-state index < -0.39 is 0 Å². The lowest BCUT2D eigenvalue weighted by Gasteiger charge is -2.24. The largest absolute Gasteiger partial charge is 0.445 e. The highest BCUT2D eigenvalue weighted by Crippen LogP contribution is 2.19. The van der Waals surface area contributed by atoms with Crippen molar-refractivity contribution in [3.63, 3.8) is 0 Å². The number of carbonyl (C=O) groups is 1. The number of amides is 1. The SMILES string of the molecule is O=C(OCc1ccccc1)N1C[C@@H]2C[C@H]1C[NH2+]2. The molecule has 0 aromatic heterocycles. The van der Waals surface area contributed by atoms with Crippen LogP contribution in [0, 0.1) is 0 Å². The average Bonchev–Trinajstić information content (AvgIpc) is 2.99. The van der Waals surface area contributed by atoms with Gasteiger partial charge in [-0.25, -0.2) is 4.79 Å². The fourth-order valence-corrected chi connectivity index (χ4v) is 2.72. The molecule has 2 aliphatic heterocycles. The van der Waals surface area contributed by atoms with Gasteiger partial charge in [0.1, 0.15) is 12.6 Å². The van der Waals surface area contributed by atoms with Gasteiger partial charge in [-0.05, 0) is 5.56 Å². The second-order valence-electron chi connectivity index (χ2n) is 4.81. The highest BCUT2D eigenvalue weighted by molar-refractivity contribution is 5.68. The van der Waals surface area contributed by atoms with E-state index in [1.807, 2.05) is 35.2 Å². The van der Waals surface area contributed by atoms with Crippen LogP contribution in [0.25, 0.3) is 0 Å². The molecule has 1 aromatic carbocycles. The minimum absolute atomic E-state index is 0.158. The molecule has 2 fully saturated rings. The number of ether oxygens (including phenoxy) is 1. The van der Waals surface area contributed by atoms with E-state index in [-0.39, 0.29) is 6.09 Å². The van der Waals surface area contributed by atoms with Gasteiger partial charge in [0, 0.05) is 6.42 Å². The van der Waals surface area contributed by atoms with Crippen LogP contribution >= 0.6 is 0 Å². The number of fused-ring (bicyclic) bond motifs is 2. The first-order valence-electron chi connectivity index (χ1n) is 6.13. The van der Waals surface area contributed by atoms with Crippen LogP contribution in [0.15, 0.2) is 30.3 Å². The Morgan fingerprint density at radius 2 is 2.24 bits per heavy atom. The summed E-state index contributed by atoms with van der Waals surface area (Å²) in [5.74, 6) is 0. The molecule has 4 heteroatoms. The third-order valence-electron chi connectivity index (χ3n) is 3.63. The molecule has 0 aliphatic carbocycles. The van der Waals surface area contributed by atoms with E-state index in [4.69, 9.17) is 4.74 Å². The Kier molecular flexibility index (Phi) is 2.73. The van der Waals surface area contributed by atoms with Crippen LogP contribution in [-0.4, -0.2) is 36.2 Å². The van der Waals surface area contributed by atoms with Gasteiger partial charge in [-0.2, -0.15) is 0 Å². The summed E-state index contributed by atoms with van der Waals surface area (Å²) in [5, 5.41) is 2.33. The summed E-state index contributed by atoms with van der Waals surface area (Å²) in [5.41, 5.74) is 1.04. The number of rotatable bonds is 2. The summed E-state index contributed by atoms with van der Waals surface area (Å²) in [4.78, 5) is 13.8. The van der Waals surface area contributed by atoms with Crippen LogP contribution in [0.5, 0.6) is 0 Å². The van der Waals surface area contributed by atoms with Crippen molar-refractivity contribution in [2.75, 3.05) is 13.1 Å². The molecule has 0 saturated carbocycles. The normalized spacial score (nSPS) is 26.2. The minimum Gasteiger partial charge on any atom is -0.445 e. The van der Waals surface area contributed by atoms with Gasteiger partial charge in [-0.15, -0.1) is 0 Å². The highest BCUT2D eigenvalue weighted by Gasteiger charge is 2.44. The Labute approximate surface area is 101 Å². The van der Waals surface area contributed by atoms with Crippen molar-refractivity contribution in [3.05, 3.63) is 35.9 Å². The quantitative estimate of drug-likeness (QED) is 0.801. The molecule has 90 valence electrons. The number of piperazine rings is 1. The van der Waals surface area contributed by atoms with Crippen LogP contribution in [-0.2, 0) is 11.3 Å². The molecule has 2 N–H and O–H groups in total. The average molecular weight is 233 g/mol. The maximum absolute atomic E-state index is 11.9. The lowest BCUT2D eigenvalue weighted by molar-refractivity contribution is -0.677. The number of likely N-dealkylation sites (tertiary alicyclic amines) is 1. The molecular weight excluding hydrogens is 216 g/mol. The maximum Gasteiger partial charge on any atom is 0.410 e. The second kappa shape index (κ2) is 4.37. The zero-order valence-electron chi connectivity index (χ0n) is 9.71. The third kappa shape index (κ3) is 2.13. The monoisotopic (exact) mass is 233 g/mol. The summed E-state index contributed by atoms with van der Waals surface area (Å²) in [6, 6.07) is 10.8. The van der Waals surface area contributed by atoms with Crippen molar-refractivity contribution in [1.82, 2.24) is 4.90 Å². The van der Waals surface area contributed by atoms with Crippen molar-refractivity contribution < 1.29 is 14.8 Å². The fourth-order valence-electron chi connectivity index (χ4n) is 2.72. The summed E-state index contributed by atoms with van der Waals surface area (Å²) >= 11 is 0. The molecule has 0 spiro atoms. The van der Waals surface area contributed by atoms with Crippen LogP contribution in [0.2, 0.25) is 0 Å². The second-order valence-corrected chi connectivity index (χ2v) is 4.81. The van der Waals surface area contributed by atoms with Crippen LogP contribution in [0.1, 0.15) is 12.0 Å². The Morgan fingerprint density at radius 1 is 1.41 bits per heavy atom. The molecule has 3 rings (SSSR count). The summed E-state index contributed by atoms with van der Waals surface area (Å²) in [6.07, 6.45) is 0.968. The highest BCUT2D eigenvalue weighted by atomic mass is 16.6. The topological polar surface area (TPSA) is 46.1 Å². The summed E-state index contributed by atoms with van der Waals surface area (Å²) < 4.78 is 5.34. The summed E-state index contributed by atoms with van der Waals surface area (Å²) in [6.45, 7) is 2.25. The smallest absolute Gasteiger partial charge is 0.410 e. The molecule has 1 aromatic rings. The van der Waals surface area contributed by atoms with Crippen LogP contribution in [0.4, 0.5) is 4.79 Å². The predicted molar refractivity (Wildman–Crippen MR) is 62.3 cm³/mol. The fraction of sp³-hybridized carbons (Fsp3) is 0.462. The maximum atomic E-state index is 11.9. The van der Waals surface area contributed by atoms with Crippen LogP contribution in [0.3, 0.4) is 0 Å². The Hall–Kier alpha value is -1.55. The molecule has 2 heterocycles. The van der Waals surface area contributed by atoms with E-state index in [0.717, 1.165) is 25.1 Å². The molecule has 2 aliphatic rings. The van der Waals surface area contributed by atoms with Crippen molar-refractivity contribution in [1.29, 1.82) is 0 Å². The lowest BCUT2D eigenvalue weighted by Crippen LogP contribution is -2.91. The molecule has 2 saturated heterocycles. The third-order valence-corrected chi connectivity index (χ3v) is 3.63. The summed E-state index contributed by atoms with van der Waals surface area (Å²) in [7, 11) is 0. The van der Waals surface area contributed by atoms with Gasteiger partial charge in [0.2, 0.25) is 0 Å². The lowest BCUT2D eigenvalue weighted by atomic mass is 10.2. The zero-order valence-corrected chi connectivity index (χ0v) is 9.71. The minimum atomic E-state index is -0.158. The molecule has 0 radical (unpaired) electrons. The Balaban J connectivity index is 1.54. The van der Waals surface area contributed by atoms with Crippen LogP contribution < -0.4 is 5.32 Å². The van der Waals surface area contributed by atoms with E-state index >= 15 is 0 Å². The van der Waals surface area contributed by atoms with E-state index in [1.54, 1.807) is 0 Å². The molecule has 0 unspecified atom stereocenters. The van der Waals surface area contributed by atoms with E-state index in [9.17, 15) is 4.79 Å². The Bertz CT molecular complexity index is 407. The van der Waals surface area contributed by atoms with Gasteiger partial charge >= 0.3 is 6.09 Å². The van der Waals surface area contributed by atoms with Gasteiger partial charge in [-0.3, -0.25) is 4.90 Å². The Morgan fingerprint density at radius 3 is 2.88 bits per heavy atom. The van der Waals surface area contributed by atoms with E-state index in [0.29, 0.717) is 18.7 Å². The van der Waals surface area contributed by atoms with Crippen molar-refractivity contribution in [2.45, 2.75) is 25.1 Å². The van der Waals surface area contributed by atoms with Gasteiger partial charge in [-0.1, -0.05) is 30.3 Å². The first kappa shape index (κ1) is 10.6.